The molecule has 0 fully saturated rings. The maximum Gasteiger partial charge on any atom is 0.296 e. The van der Waals surface area contributed by atoms with Crippen molar-refractivity contribution < 1.29 is 18.7 Å². The van der Waals surface area contributed by atoms with Crippen LogP contribution >= 0.6 is 0 Å². The van der Waals surface area contributed by atoms with Crippen molar-refractivity contribution in [3.8, 4) is 5.75 Å². The molecule has 4 nitrogen and oxygen atoms in total. The number of nitrogens with one attached hydrogen (secondary N) is 1. The highest BCUT2D eigenvalue weighted by atomic mass is 19.1. The van der Waals surface area contributed by atoms with Crippen LogP contribution in [0.2, 0.25) is 0 Å². The second kappa shape index (κ2) is 6.85. The lowest BCUT2D eigenvalue weighted by Gasteiger charge is -2.09. The van der Waals surface area contributed by atoms with E-state index in [2.05, 4.69) is 5.32 Å². The molecule has 2 rings (SSSR count). The summed E-state index contributed by atoms with van der Waals surface area (Å²) in [6.45, 7) is 1.95. The molecule has 1 N–H and O–H groups in total. The van der Waals surface area contributed by atoms with Gasteiger partial charge in [-0.05, 0) is 36.2 Å². The van der Waals surface area contributed by atoms with E-state index in [1.807, 2.05) is 19.1 Å². The molecule has 0 atom stereocenters. The predicted octanol–water partition coefficient (Wildman–Crippen LogP) is 3.22. The first kappa shape index (κ1) is 15.7. The van der Waals surface area contributed by atoms with Crippen LogP contribution in [0.15, 0.2) is 42.5 Å². The minimum atomic E-state index is -0.800. The average molecular weight is 301 g/mol. The van der Waals surface area contributed by atoms with Crippen LogP contribution in [0.1, 0.15) is 22.8 Å². The molecular formula is C17H16FNO3. The number of carbonyl (C=O) groups is 2. The fourth-order valence-corrected chi connectivity index (χ4v) is 2.07. The SMILES string of the molecule is CCc1ccccc1NC(=O)C(=O)c1ccc(OC)c(F)c1. The summed E-state index contributed by atoms with van der Waals surface area (Å²) in [6.07, 6.45) is 0.724. The van der Waals surface area contributed by atoms with Crippen LogP contribution in [0.25, 0.3) is 0 Å². The number of hydrogen-bond acceptors (Lipinski definition) is 3. The van der Waals surface area contributed by atoms with Gasteiger partial charge in [-0.3, -0.25) is 9.59 Å². The van der Waals surface area contributed by atoms with Crippen molar-refractivity contribution in [2.75, 3.05) is 12.4 Å². The van der Waals surface area contributed by atoms with Crippen LogP contribution in [0.3, 0.4) is 0 Å². The topological polar surface area (TPSA) is 55.4 Å². The quantitative estimate of drug-likeness (QED) is 0.681. The number of ketones is 1. The number of amides is 1. The maximum atomic E-state index is 13.6. The zero-order chi connectivity index (χ0) is 16.1. The molecule has 0 heterocycles. The summed E-state index contributed by atoms with van der Waals surface area (Å²) in [5.41, 5.74) is 1.48. The number of anilines is 1. The van der Waals surface area contributed by atoms with E-state index >= 15 is 0 Å². The molecule has 0 aliphatic carbocycles. The fraction of sp³-hybridized carbons (Fsp3) is 0.176. The van der Waals surface area contributed by atoms with Gasteiger partial charge in [0, 0.05) is 11.3 Å². The van der Waals surface area contributed by atoms with E-state index in [1.54, 1.807) is 12.1 Å². The number of Topliss-reactive ketones (excluding diaryl/α,β-unsaturated/α-hetero) is 1. The van der Waals surface area contributed by atoms with E-state index in [-0.39, 0.29) is 11.3 Å². The Hall–Kier alpha value is -2.69. The zero-order valence-corrected chi connectivity index (χ0v) is 12.4. The fourth-order valence-electron chi connectivity index (χ4n) is 2.07. The number of para-hydroxylation sites is 1. The van der Waals surface area contributed by atoms with Gasteiger partial charge in [-0.2, -0.15) is 0 Å². The van der Waals surface area contributed by atoms with Crippen LogP contribution < -0.4 is 10.1 Å². The van der Waals surface area contributed by atoms with Gasteiger partial charge in [0.15, 0.2) is 11.6 Å². The normalized spacial score (nSPS) is 10.1. The lowest BCUT2D eigenvalue weighted by atomic mass is 10.1. The van der Waals surface area contributed by atoms with Crippen LogP contribution in [-0.4, -0.2) is 18.8 Å². The second-order valence-electron chi connectivity index (χ2n) is 4.64. The highest BCUT2D eigenvalue weighted by Crippen LogP contribution is 2.19. The van der Waals surface area contributed by atoms with E-state index < -0.39 is 17.5 Å². The van der Waals surface area contributed by atoms with Gasteiger partial charge in [0.05, 0.1) is 7.11 Å². The molecule has 0 aliphatic heterocycles. The molecule has 2 aromatic carbocycles. The summed E-state index contributed by atoms with van der Waals surface area (Å²) in [5, 5.41) is 2.57. The molecule has 1 amide bonds. The zero-order valence-electron chi connectivity index (χ0n) is 12.4. The minimum absolute atomic E-state index is 0.0216. The Morgan fingerprint density at radius 2 is 1.91 bits per heavy atom. The van der Waals surface area contributed by atoms with Crippen LogP contribution in [-0.2, 0) is 11.2 Å². The van der Waals surface area contributed by atoms with Gasteiger partial charge >= 0.3 is 0 Å². The standard InChI is InChI=1S/C17H16FNO3/c1-3-11-6-4-5-7-14(11)19-17(21)16(20)12-8-9-15(22-2)13(18)10-12/h4-10H,3H2,1-2H3,(H,19,21). The number of rotatable bonds is 5. The van der Waals surface area contributed by atoms with Gasteiger partial charge in [-0.15, -0.1) is 0 Å². The molecule has 0 aliphatic rings. The molecule has 0 aromatic heterocycles. The molecule has 0 unspecified atom stereocenters. The van der Waals surface area contributed by atoms with Crippen molar-refractivity contribution in [1.29, 1.82) is 0 Å². The molecule has 114 valence electrons. The van der Waals surface area contributed by atoms with Gasteiger partial charge < -0.3 is 10.1 Å². The first-order valence-corrected chi connectivity index (χ1v) is 6.84. The smallest absolute Gasteiger partial charge is 0.296 e. The van der Waals surface area contributed by atoms with Crippen molar-refractivity contribution in [3.05, 3.63) is 59.4 Å². The first-order chi connectivity index (χ1) is 10.6. The van der Waals surface area contributed by atoms with Gasteiger partial charge in [0.1, 0.15) is 0 Å². The Labute approximate surface area is 127 Å². The monoisotopic (exact) mass is 301 g/mol. The van der Waals surface area contributed by atoms with Crippen LogP contribution in [0, 0.1) is 5.82 Å². The van der Waals surface area contributed by atoms with Gasteiger partial charge in [0.25, 0.3) is 11.7 Å². The molecule has 0 saturated heterocycles. The largest absolute Gasteiger partial charge is 0.494 e. The Balaban J connectivity index is 2.19. The summed E-state index contributed by atoms with van der Waals surface area (Å²) < 4.78 is 18.4. The molecule has 0 radical (unpaired) electrons. The number of methoxy groups -OCH3 is 1. The third kappa shape index (κ3) is 3.31. The van der Waals surface area contributed by atoms with E-state index in [0.29, 0.717) is 5.69 Å². The molecule has 0 bridgehead atoms. The molecular weight excluding hydrogens is 285 g/mol. The van der Waals surface area contributed by atoms with Crippen molar-refractivity contribution in [3.63, 3.8) is 0 Å². The minimum Gasteiger partial charge on any atom is -0.494 e. The first-order valence-electron chi connectivity index (χ1n) is 6.84. The number of halogens is 1. The highest BCUT2D eigenvalue weighted by molar-refractivity contribution is 6.46. The Morgan fingerprint density at radius 3 is 2.55 bits per heavy atom. The molecule has 0 spiro atoms. The van der Waals surface area contributed by atoms with Gasteiger partial charge in [0.2, 0.25) is 0 Å². The van der Waals surface area contributed by atoms with E-state index in [0.717, 1.165) is 18.1 Å². The molecule has 2 aromatic rings. The summed E-state index contributed by atoms with van der Waals surface area (Å²) in [7, 11) is 1.33. The lowest BCUT2D eigenvalue weighted by molar-refractivity contribution is -0.112. The lowest BCUT2D eigenvalue weighted by Crippen LogP contribution is -2.23. The van der Waals surface area contributed by atoms with Crippen molar-refractivity contribution in [2.45, 2.75) is 13.3 Å². The van der Waals surface area contributed by atoms with Gasteiger partial charge in [-0.1, -0.05) is 25.1 Å². The molecule has 5 heteroatoms. The third-order valence-corrected chi connectivity index (χ3v) is 3.27. The van der Waals surface area contributed by atoms with Crippen molar-refractivity contribution in [1.82, 2.24) is 0 Å². The Kier molecular flexibility index (Phi) is 4.88. The van der Waals surface area contributed by atoms with Crippen molar-refractivity contribution in [2.24, 2.45) is 0 Å². The van der Waals surface area contributed by atoms with E-state index in [1.165, 1.54) is 19.2 Å². The Morgan fingerprint density at radius 1 is 1.18 bits per heavy atom. The van der Waals surface area contributed by atoms with Gasteiger partial charge in [-0.25, -0.2) is 4.39 Å². The summed E-state index contributed by atoms with van der Waals surface area (Å²) in [5.74, 6) is -2.26. The van der Waals surface area contributed by atoms with E-state index in [4.69, 9.17) is 4.74 Å². The molecule has 22 heavy (non-hydrogen) atoms. The third-order valence-electron chi connectivity index (χ3n) is 3.27. The number of benzene rings is 2. The summed E-state index contributed by atoms with van der Waals surface area (Å²) in [6, 6.07) is 10.9. The van der Waals surface area contributed by atoms with Crippen molar-refractivity contribution >= 4 is 17.4 Å². The average Bonchev–Trinajstić information content (AvgIpc) is 2.54. The number of aryl methyl sites for hydroxylation is 1. The van der Waals surface area contributed by atoms with E-state index in [9.17, 15) is 14.0 Å². The van der Waals surface area contributed by atoms with Crippen LogP contribution in [0.4, 0.5) is 10.1 Å². The number of carbonyl (C=O) groups excluding carboxylic acids is 2. The highest BCUT2D eigenvalue weighted by Gasteiger charge is 2.19. The second-order valence-corrected chi connectivity index (χ2v) is 4.64. The number of ether oxygens (including phenoxy) is 1. The number of hydrogen-bond donors (Lipinski definition) is 1. The predicted molar refractivity (Wildman–Crippen MR) is 81.7 cm³/mol. The maximum absolute atomic E-state index is 13.6. The van der Waals surface area contributed by atoms with Crippen LogP contribution in [0.5, 0.6) is 5.75 Å². The summed E-state index contributed by atoms with van der Waals surface area (Å²) >= 11 is 0. The molecule has 0 saturated carbocycles. The Bertz CT molecular complexity index is 713. The summed E-state index contributed by atoms with van der Waals surface area (Å²) in [4.78, 5) is 24.1.